The van der Waals surface area contributed by atoms with E-state index in [1.807, 2.05) is 25.5 Å². The van der Waals surface area contributed by atoms with Crippen molar-refractivity contribution in [1.82, 2.24) is 9.78 Å². The van der Waals surface area contributed by atoms with E-state index in [4.69, 9.17) is 16.3 Å². The number of allylic oxidation sites excluding steroid dienone is 2. The van der Waals surface area contributed by atoms with Crippen molar-refractivity contribution in [3.8, 4) is 5.88 Å². The fourth-order valence-electron chi connectivity index (χ4n) is 3.18. The van der Waals surface area contributed by atoms with E-state index in [-0.39, 0.29) is 11.9 Å². The van der Waals surface area contributed by atoms with E-state index in [1.54, 1.807) is 18.3 Å². The summed E-state index contributed by atoms with van der Waals surface area (Å²) in [5.41, 5.74) is 5.23. The number of halogens is 1. The largest absolute Gasteiger partial charge is 0.474 e. The van der Waals surface area contributed by atoms with Gasteiger partial charge >= 0.3 is 0 Å². The lowest BCUT2D eigenvalue weighted by Crippen LogP contribution is -2.16. The Labute approximate surface area is 179 Å². The first kappa shape index (κ1) is 23.2. The quantitative estimate of drug-likeness (QED) is 0.419. The first-order valence-electron chi connectivity index (χ1n) is 10.4. The van der Waals surface area contributed by atoms with E-state index in [0.717, 1.165) is 42.5 Å². The summed E-state index contributed by atoms with van der Waals surface area (Å²) in [4.78, 5) is 13.5. The average Bonchev–Trinajstić information content (AvgIpc) is 3.07. The third-order valence-electron chi connectivity index (χ3n) is 5.43. The van der Waals surface area contributed by atoms with E-state index in [2.05, 4.69) is 32.8 Å². The first-order valence-corrected chi connectivity index (χ1v) is 10.8. The van der Waals surface area contributed by atoms with Crippen LogP contribution in [0.15, 0.2) is 23.9 Å². The monoisotopic (exact) mass is 416 g/mol. The minimum absolute atomic E-state index is 0.00780. The highest BCUT2D eigenvalue weighted by Crippen LogP contribution is 2.33. The van der Waals surface area contributed by atoms with Gasteiger partial charge in [0.1, 0.15) is 5.56 Å². The Morgan fingerprint density at radius 2 is 1.90 bits per heavy atom. The van der Waals surface area contributed by atoms with Crippen LogP contribution in [0.4, 0.5) is 0 Å². The van der Waals surface area contributed by atoms with Crippen LogP contribution in [0.1, 0.15) is 87.9 Å². The van der Waals surface area contributed by atoms with Gasteiger partial charge in [0.2, 0.25) is 5.88 Å². The van der Waals surface area contributed by atoms with Crippen LogP contribution in [0.5, 0.6) is 5.88 Å². The zero-order valence-corrected chi connectivity index (χ0v) is 19.5. The van der Waals surface area contributed by atoms with Crippen LogP contribution < -0.4 is 4.74 Å². The number of hydrogen-bond donors (Lipinski definition) is 0. The zero-order valence-electron chi connectivity index (χ0n) is 18.7. The van der Waals surface area contributed by atoms with Gasteiger partial charge in [0.15, 0.2) is 5.78 Å². The molecule has 1 atom stereocenters. The summed E-state index contributed by atoms with van der Waals surface area (Å²) in [6.45, 7) is 15.0. The molecular weight excluding hydrogens is 384 g/mol. The van der Waals surface area contributed by atoms with Crippen LogP contribution in [-0.2, 0) is 6.54 Å². The second-order valence-electron chi connectivity index (χ2n) is 7.83. The minimum atomic E-state index is -0.0805. The Balaban J connectivity index is 2.56. The van der Waals surface area contributed by atoms with Crippen LogP contribution in [0.25, 0.3) is 5.57 Å². The van der Waals surface area contributed by atoms with Crippen LogP contribution in [0.2, 0.25) is 5.02 Å². The molecule has 2 aromatic rings. The van der Waals surface area contributed by atoms with Gasteiger partial charge in [-0.25, -0.2) is 4.68 Å². The summed E-state index contributed by atoms with van der Waals surface area (Å²) in [6.07, 6.45) is 4.53. The van der Waals surface area contributed by atoms with Gasteiger partial charge in [0.05, 0.1) is 12.3 Å². The smallest absolute Gasteiger partial charge is 0.223 e. The molecule has 0 spiro atoms. The molecule has 1 unspecified atom stereocenters. The Morgan fingerprint density at radius 1 is 1.21 bits per heavy atom. The van der Waals surface area contributed by atoms with Gasteiger partial charge in [-0.2, -0.15) is 5.10 Å². The molecular formula is C24H33ClN2O2. The molecule has 0 saturated carbocycles. The van der Waals surface area contributed by atoms with Crippen molar-refractivity contribution in [3.05, 3.63) is 51.2 Å². The van der Waals surface area contributed by atoms with Crippen LogP contribution >= 0.6 is 11.6 Å². The van der Waals surface area contributed by atoms with Crippen molar-refractivity contribution >= 4 is 23.0 Å². The lowest BCUT2D eigenvalue weighted by molar-refractivity contribution is 0.102. The Morgan fingerprint density at radius 3 is 2.48 bits per heavy atom. The number of ether oxygens (including phenoxy) is 1. The van der Waals surface area contributed by atoms with Gasteiger partial charge in [-0.15, -0.1) is 0 Å². The van der Waals surface area contributed by atoms with Crippen LogP contribution in [0, 0.1) is 6.92 Å². The molecule has 0 aliphatic heterocycles. The van der Waals surface area contributed by atoms with Crippen LogP contribution in [0.3, 0.4) is 0 Å². The molecule has 0 aliphatic rings. The van der Waals surface area contributed by atoms with E-state index in [0.29, 0.717) is 22.0 Å². The highest BCUT2D eigenvalue weighted by Gasteiger charge is 2.24. The maximum atomic E-state index is 13.5. The van der Waals surface area contributed by atoms with E-state index >= 15 is 0 Å². The molecule has 1 aromatic carbocycles. The van der Waals surface area contributed by atoms with Crippen molar-refractivity contribution in [2.75, 3.05) is 0 Å². The molecule has 0 N–H and O–H groups in total. The molecule has 2 rings (SSSR count). The molecule has 0 amide bonds. The van der Waals surface area contributed by atoms with Gasteiger partial charge in [-0.1, -0.05) is 37.4 Å². The molecule has 29 heavy (non-hydrogen) atoms. The van der Waals surface area contributed by atoms with E-state index in [9.17, 15) is 4.79 Å². The number of ketones is 1. The molecule has 158 valence electrons. The summed E-state index contributed by atoms with van der Waals surface area (Å²) in [6, 6.07) is 3.61. The molecule has 1 heterocycles. The normalized spacial score (nSPS) is 12.0. The average molecular weight is 417 g/mol. The fourth-order valence-corrected chi connectivity index (χ4v) is 3.52. The Hall–Kier alpha value is -2.07. The van der Waals surface area contributed by atoms with E-state index < -0.39 is 0 Å². The highest BCUT2D eigenvalue weighted by molar-refractivity contribution is 6.32. The van der Waals surface area contributed by atoms with Crippen molar-refractivity contribution in [2.24, 2.45) is 0 Å². The second-order valence-corrected chi connectivity index (χ2v) is 8.23. The predicted molar refractivity (Wildman–Crippen MR) is 121 cm³/mol. The zero-order chi connectivity index (χ0) is 21.7. The summed E-state index contributed by atoms with van der Waals surface area (Å²) in [5.74, 6) is 0.482. The lowest BCUT2D eigenvalue weighted by Gasteiger charge is -2.17. The SMILES string of the molecule is CCCCn1ncc(C(=O)c2ccc(Cl)c(C(C)=C(C)C)c2C)c1OC(C)CC. The third kappa shape index (κ3) is 5.11. The number of unbranched alkanes of at least 4 members (excludes halogenated alkanes) is 1. The number of benzene rings is 1. The number of aromatic nitrogens is 2. The molecule has 4 nitrogen and oxygen atoms in total. The molecule has 0 fully saturated rings. The van der Waals surface area contributed by atoms with Gasteiger partial charge in [-0.3, -0.25) is 4.79 Å². The summed E-state index contributed by atoms with van der Waals surface area (Å²) >= 11 is 6.48. The predicted octanol–water partition coefficient (Wildman–Crippen LogP) is 6.87. The number of hydrogen-bond acceptors (Lipinski definition) is 3. The Kier molecular flexibility index (Phi) is 8.09. The summed E-state index contributed by atoms with van der Waals surface area (Å²) in [5, 5.41) is 5.12. The molecule has 0 aliphatic carbocycles. The number of carbonyl (C=O) groups is 1. The summed E-state index contributed by atoms with van der Waals surface area (Å²) < 4.78 is 7.95. The summed E-state index contributed by atoms with van der Waals surface area (Å²) in [7, 11) is 0. The number of rotatable bonds is 9. The van der Waals surface area contributed by atoms with Gasteiger partial charge in [-0.05, 0) is 76.3 Å². The number of nitrogens with zero attached hydrogens (tertiary/aromatic N) is 2. The minimum Gasteiger partial charge on any atom is -0.474 e. The second kappa shape index (κ2) is 10.1. The molecule has 1 aromatic heterocycles. The van der Waals surface area contributed by atoms with E-state index in [1.165, 1.54) is 5.57 Å². The maximum Gasteiger partial charge on any atom is 0.223 e. The van der Waals surface area contributed by atoms with Gasteiger partial charge in [0, 0.05) is 17.1 Å². The standard InChI is InChI=1S/C24H33ClN2O2/c1-8-10-13-27-24(29-16(5)9-2)20(14-26-27)23(28)19-11-12-21(25)22(18(19)7)17(6)15(3)4/h11-12,14,16H,8-10,13H2,1-7H3. The number of aryl methyl sites for hydroxylation is 1. The van der Waals surface area contributed by atoms with Gasteiger partial charge in [0.25, 0.3) is 0 Å². The maximum absolute atomic E-state index is 13.5. The van der Waals surface area contributed by atoms with Gasteiger partial charge < -0.3 is 4.74 Å². The topological polar surface area (TPSA) is 44.1 Å². The first-order chi connectivity index (χ1) is 13.7. The molecule has 0 saturated heterocycles. The lowest BCUT2D eigenvalue weighted by atomic mass is 9.91. The van der Waals surface area contributed by atoms with Crippen molar-refractivity contribution in [2.45, 2.75) is 80.4 Å². The molecule has 0 bridgehead atoms. The van der Waals surface area contributed by atoms with Crippen molar-refractivity contribution in [3.63, 3.8) is 0 Å². The van der Waals surface area contributed by atoms with Crippen molar-refractivity contribution in [1.29, 1.82) is 0 Å². The number of carbonyl (C=O) groups excluding carboxylic acids is 1. The molecule has 0 radical (unpaired) electrons. The molecule has 5 heteroatoms. The third-order valence-corrected chi connectivity index (χ3v) is 5.75. The highest BCUT2D eigenvalue weighted by atomic mass is 35.5. The Bertz CT molecular complexity index is 908. The fraction of sp³-hybridized carbons (Fsp3) is 0.500. The van der Waals surface area contributed by atoms with Crippen LogP contribution in [-0.4, -0.2) is 21.7 Å². The van der Waals surface area contributed by atoms with Crippen molar-refractivity contribution < 1.29 is 9.53 Å².